The van der Waals surface area contributed by atoms with Crippen molar-refractivity contribution in [1.82, 2.24) is 9.80 Å². The van der Waals surface area contributed by atoms with E-state index in [1.807, 2.05) is 31.0 Å². The summed E-state index contributed by atoms with van der Waals surface area (Å²) in [7, 11) is 1.85. The number of aliphatic hydroxyl groups is 1. The molecular formula is C30H31ClN2O4. The molecule has 6 rings (SSSR count). The number of piperidine rings is 1. The van der Waals surface area contributed by atoms with Crippen LogP contribution >= 0.6 is 11.6 Å². The van der Waals surface area contributed by atoms with Crippen LogP contribution in [0.5, 0.6) is 11.5 Å². The van der Waals surface area contributed by atoms with Crippen molar-refractivity contribution in [3.05, 3.63) is 82.4 Å². The minimum absolute atomic E-state index is 0.0389. The number of benzene rings is 3. The zero-order valence-corrected chi connectivity index (χ0v) is 21.8. The van der Waals surface area contributed by atoms with Crippen LogP contribution in [-0.2, 0) is 6.42 Å². The number of hydrogen-bond acceptors (Lipinski definition) is 5. The van der Waals surface area contributed by atoms with E-state index >= 15 is 0 Å². The van der Waals surface area contributed by atoms with Crippen LogP contribution < -0.4 is 9.47 Å². The lowest BCUT2D eigenvalue weighted by molar-refractivity contribution is -0.0231. The number of hydrogen-bond donors (Lipinski definition) is 1. The highest BCUT2D eigenvalue weighted by molar-refractivity contribution is 6.30. The molecule has 0 aromatic heterocycles. The molecule has 3 aromatic rings. The van der Waals surface area contributed by atoms with Gasteiger partial charge in [-0.05, 0) is 78.4 Å². The number of carbonyl (C=O) groups is 1. The van der Waals surface area contributed by atoms with Crippen LogP contribution in [0.1, 0.15) is 40.9 Å². The molecule has 3 aromatic carbocycles. The van der Waals surface area contributed by atoms with Crippen molar-refractivity contribution >= 4 is 17.5 Å². The van der Waals surface area contributed by atoms with Crippen LogP contribution in [-0.4, -0.2) is 59.9 Å². The Balaban J connectivity index is 1.32. The van der Waals surface area contributed by atoms with Gasteiger partial charge in [-0.15, -0.1) is 0 Å². The molecule has 1 fully saturated rings. The number of nitrogens with zero attached hydrogens (tertiary/aromatic N) is 2. The van der Waals surface area contributed by atoms with E-state index in [1.165, 1.54) is 11.1 Å². The van der Waals surface area contributed by atoms with E-state index in [0.717, 1.165) is 48.6 Å². The van der Waals surface area contributed by atoms with Gasteiger partial charge in [0.05, 0.1) is 6.10 Å². The van der Waals surface area contributed by atoms with Crippen molar-refractivity contribution in [3.63, 3.8) is 0 Å². The minimum atomic E-state index is -0.526. The first-order valence-electron chi connectivity index (χ1n) is 12.9. The molecule has 3 heterocycles. The van der Waals surface area contributed by atoms with E-state index in [1.54, 1.807) is 24.3 Å². The average molecular weight is 519 g/mol. The summed E-state index contributed by atoms with van der Waals surface area (Å²) in [6.07, 6.45) is 1.21. The predicted octanol–water partition coefficient (Wildman–Crippen LogP) is 5.18. The van der Waals surface area contributed by atoms with Gasteiger partial charge in [0.2, 0.25) is 6.79 Å². The summed E-state index contributed by atoms with van der Waals surface area (Å²) < 4.78 is 11.1. The summed E-state index contributed by atoms with van der Waals surface area (Å²) in [5, 5.41) is 11.3. The number of halogens is 1. The van der Waals surface area contributed by atoms with E-state index in [9.17, 15) is 9.90 Å². The Kier molecular flexibility index (Phi) is 6.35. The molecular weight excluding hydrogens is 488 g/mol. The molecule has 37 heavy (non-hydrogen) atoms. The van der Waals surface area contributed by atoms with Gasteiger partial charge >= 0.3 is 0 Å². The number of amides is 1. The van der Waals surface area contributed by atoms with Crippen molar-refractivity contribution in [3.8, 4) is 22.6 Å². The second-order valence-electron chi connectivity index (χ2n) is 10.4. The first-order chi connectivity index (χ1) is 17.9. The van der Waals surface area contributed by atoms with Crippen molar-refractivity contribution in [2.45, 2.75) is 38.0 Å². The summed E-state index contributed by atoms with van der Waals surface area (Å²) >= 11 is 6.17. The molecule has 4 atom stereocenters. The molecule has 6 nitrogen and oxygen atoms in total. The second kappa shape index (κ2) is 9.67. The standard InChI is InChI=1S/C30H31ClN2O4/c1-18(34)25-16-33-11-10-19-6-7-20(21-8-9-28-29(14-21)37-17-36-28)13-24(19)27(33)15-26(25)32(2)30(35)22-4-3-5-23(31)12-22/h3-9,12-14,18,25-27,34H,10-11,15-17H2,1-2H3/t18-,25-,26-,27-/m0/s1. The summed E-state index contributed by atoms with van der Waals surface area (Å²) in [4.78, 5) is 17.8. The van der Waals surface area contributed by atoms with Gasteiger partial charge in [-0.1, -0.05) is 35.9 Å². The van der Waals surface area contributed by atoms with Crippen LogP contribution in [0.25, 0.3) is 11.1 Å². The number of carbonyl (C=O) groups excluding carboxylic acids is 1. The Labute approximate surface area is 222 Å². The highest BCUT2D eigenvalue weighted by Crippen LogP contribution is 2.43. The fourth-order valence-corrected chi connectivity index (χ4v) is 6.38. The lowest BCUT2D eigenvalue weighted by atomic mass is 9.77. The Bertz CT molecular complexity index is 1340. The molecule has 0 saturated carbocycles. The maximum absolute atomic E-state index is 13.5. The highest BCUT2D eigenvalue weighted by atomic mass is 35.5. The molecule has 3 aliphatic rings. The zero-order chi connectivity index (χ0) is 25.7. The third-order valence-electron chi connectivity index (χ3n) is 8.23. The molecule has 1 amide bonds. The van der Waals surface area contributed by atoms with E-state index in [-0.39, 0.29) is 30.7 Å². The Hall–Kier alpha value is -3.06. The average Bonchev–Trinajstić information content (AvgIpc) is 3.39. The molecule has 0 aliphatic carbocycles. The van der Waals surface area contributed by atoms with Gasteiger partial charge in [0.25, 0.3) is 5.91 Å². The second-order valence-corrected chi connectivity index (χ2v) is 10.8. The monoisotopic (exact) mass is 518 g/mol. The summed E-state index contributed by atoms with van der Waals surface area (Å²) in [5.41, 5.74) is 5.45. The maximum Gasteiger partial charge on any atom is 0.253 e. The number of rotatable bonds is 4. The summed E-state index contributed by atoms with van der Waals surface area (Å²) in [6, 6.07) is 19.9. The number of fused-ring (bicyclic) bond motifs is 4. The van der Waals surface area contributed by atoms with E-state index in [4.69, 9.17) is 21.1 Å². The van der Waals surface area contributed by atoms with Crippen LogP contribution in [0, 0.1) is 5.92 Å². The van der Waals surface area contributed by atoms with Crippen molar-refractivity contribution in [2.24, 2.45) is 5.92 Å². The molecule has 1 saturated heterocycles. The molecule has 1 N–H and O–H groups in total. The largest absolute Gasteiger partial charge is 0.454 e. The lowest BCUT2D eigenvalue weighted by Crippen LogP contribution is -2.56. The zero-order valence-electron chi connectivity index (χ0n) is 21.1. The molecule has 7 heteroatoms. The molecule has 0 radical (unpaired) electrons. The Morgan fingerprint density at radius 3 is 2.68 bits per heavy atom. The number of aliphatic hydroxyl groups excluding tert-OH is 1. The van der Waals surface area contributed by atoms with Gasteiger partial charge in [-0.2, -0.15) is 0 Å². The third kappa shape index (κ3) is 4.48. The first kappa shape index (κ1) is 24.3. The Morgan fingerprint density at radius 1 is 1.08 bits per heavy atom. The van der Waals surface area contributed by atoms with Gasteiger partial charge in [-0.3, -0.25) is 9.69 Å². The van der Waals surface area contributed by atoms with Crippen LogP contribution in [0.2, 0.25) is 5.02 Å². The van der Waals surface area contributed by atoms with Crippen molar-refractivity contribution in [1.29, 1.82) is 0 Å². The SMILES string of the molecule is C[C@H](O)[C@@H]1CN2CCc3ccc(-c4ccc5c(c4)OCO5)cc3[C@@H]2C[C@@H]1N(C)C(=O)c1cccc(Cl)c1. The van der Waals surface area contributed by atoms with Crippen LogP contribution in [0.15, 0.2) is 60.7 Å². The summed E-state index contributed by atoms with van der Waals surface area (Å²) in [5.74, 6) is 1.44. The molecule has 3 aliphatic heterocycles. The van der Waals surface area contributed by atoms with Crippen LogP contribution in [0.4, 0.5) is 0 Å². The Morgan fingerprint density at radius 2 is 1.86 bits per heavy atom. The van der Waals surface area contributed by atoms with Crippen LogP contribution in [0.3, 0.4) is 0 Å². The highest BCUT2D eigenvalue weighted by Gasteiger charge is 2.43. The van der Waals surface area contributed by atoms with Crippen molar-refractivity contribution in [2.75, 3.05) is 26.9 Å². The van der Waals surface area contributed by atoms with E-state index in [2.05, 4.69) is 29.2 Å². The molecule has 0 bridgehead atoms. The first-order valence-corrected chi connectivity index (χ1v) is 13.2. The number of ether oxygens (including phenoxy) is 2. The van der Waals surface area contributed by atoms with Crippen molar-refractivity contribution < 1.29 is 19.4 Å². The third-order valence-corrected chi connectivity index (χ3v) is 8.47. The smallest absolute Gasteiger partial charge is 0.253 e. The van der Waals surface area contributed by atoms with Gasteiger partial charge in [-0.25, -0.2) is 0 Å². The predicted molar refractivity (Wildman–Crippen MR) is 143 cm³/mol. The molecule has 0 spiro atoms. The molecule has 0 unspecified atom stereocenters. The summed E-state index contributed by atoms with van der Waals surface area (Å²) in [6.45, 7) is 3.79. The van der Waals surface area contributed by atoms with Gasteiger partial charge < -0.3 is 19.5 Å². The maximum atomic E-state index is 13.5. The van der Waals surface area contributed by atoms with Gasteiger partial charge in [0.1, 0.15) is 0 Å². The molecule has 192 valence electrons. The normalized spacial score (nSPS) is 23.2. The topological polar surface area (TPSA) is 62.2 Å². The fourth-order valence-electron chi connectivity index (χ4n) is 6.19. The quantitative estimate of drug-likeness (QED) is 0.516. The van der Waals surface area contributed by atoms with E-state index < -0.39 is 6.10 Å². The minimum Gasteiger partial charge on any atom is -0.454 e. The fraction of sp³-hybridized carbons (Fsp3) is 0.367. The lowest BCUT2D eigenvalue weighted by Gasteiger charge is -2.50. The van der Waals surface area contributed by atoms with Gasteiger partial charge in [0, 0.05) is 48.7 Å². The van der Waals surface area contributed by atoms with Gasteiger partial charge in [0.15, 0.2) is 11.5 Å². The van der Waals surface area contributed by atoms with E-state index in [0.29, 0.717) is 10.6 Å².